The molecule has 9 nitrogen and oxygen atoms in total. The van der Waals surface area contributed by atoms with Crippen molar-refractivity contribution in [3.63, 3.8) is 0 Å². The number of carboxylic acid groups (broad SMARTS) is 1. The van der Waals surface area contributed by atoms with Crippen LogP contribution in [-0.2, 0) is 11.3 Å². The third kappa shape index (κ3) is 3.82. The molecule has 2 aromatic rings. The number of aromatic carboxylic acids is 1. The van der Waals surface area contributed by atoms with Crippen LogP contribution in [0.2, 0.25) is 0 Å². The van der Waals surface area contributed by atoms with Crippen LogP contribution in [0.1, 0.15) is 51.1 Å². The van der Waals surface area contributed by atoms with Gasteiger partial charge in [-0.15, -0.1) is 0 Å². The van der Waals surface area contributed by atoms with E-state index in [1.54, 1.807) is 24.1 Å². The molecule has 1 unspecified atom stereocenters. The predicted molar refractivity (Wildman–Crippen MR) is 92.5 cm³/mol. The Kier molecular flexibility index (Phi) is 5.22. The van der Waals surface area contributed by atoms with Crippen LogP contribution >= 0.6 is 0 Å². The van der Waals surface area contributed by atoms with Crippen LogP contribution in [0.25, 0.3) is 0 Å². The van der Waals surface area contributed by atoms with Crippen molar-refractivity contribution in [2.75, 3.05) is 13.7 Å². The van der Waals surface area contributed by atoms with E-state index in [2.05, 4.69) is 0 Å². The first-order valence-electron chi connectivity index (χ1n) is 8.32. The number of amides is 1. The number of carbonyl (C=O) groups is 2. The molecule has 0 saturated carbocycles. The predicted octanol–water partition coefficient (Wildman–Crippen LogP) is 3.01. The summed E-state index contributed by atoms with van der Waals surface area (Å²) in [4.78, 5) is 36.1. The molecule has 1 aromatic heterocycles. The lowest BCUT2D eigenvalue weighted by Gasteiger charge is -2.23. The quantitative estimate of drug-likeness (QED) is 0.609. The number of likely N-dealkylation sites (tertiary alicyclic amines) is 1. The highest BCUT2D eigenvalue weighted by Gasteiger charge is 2.33. The van der Waals surface area contributed by atoms with E-state index < -0.39 is 22.5 Å². The highest BCUT2D eigenvalue weighted by atomic mass is 16.6. The molecule has 0 aliphatic carbocycles. The first-order valence-corrected chi connectivity index (χ1v) is 8.32. The standard InChI is InChI=1S/C18H18N2O7/c1-26-10-14-4-5-16(27-14)15-3-2-6-19(15)17(21)11-7-12(18(22)23)9-13(8-11)20(24)25/h4-5,7-9,15H,2-3,6,10H2,1H3,(H,22,23). The molecule has 1 amide bonds. The number of hydrogen-bond acceptors (Lipinski definition) is 6. The Balaban J connectivity index is 1.91. The van der Waals surface area contributed by atoms with Gasteiger partial charge in [-0.05, 0) is 31.0 Å². The van der Waals surface area contributed by atoms with Crippen LogP contribution in [0.3, 0.4) is 0 Å². The molecule has 1 aliphatic rings. The van der Waals surface area contributed by atoms with Crippen LogP contribution in [0.5, 0.6) is 0 Å². The second kappa shape index (κ2) is 7.58. The molecule has 1 fully saturated rings. The number of rotatable bonds is 6. The second-order valence-electron chi connectivity index (χ2n) is 6.22. The number of nitro groups is 1. The Hall–Kier alpha value is -3.20. The lowest BCUT2D eigenvalue weighted by Crippen LogP contribution is -2.30. The van der Waals surface area contributed by atoms with Gasteiger partial charge in [-0.2, -0.15) is 0 Å². The first kappa shape index (κ1) is 18.6. The van der Waals surface area contributed by atoms with Gasteiger partial charge >= 0.3 is 5.97 Å². The van der Waals surface area contributed by atoms with Crippen molar-refractivity contribution in [2.24, 2.45) is 0 Å². The van der Waals surface area contributed by atoms with Gasteiger partial charge in [0, 0.05) is 31.4 Å². The Bertz CT molecular complexity index is 857. The number of carbonyl (C=O) groups excluding carboxylic acids is 1. The Morgan fingerprint density at radius 3 is 2.74 bits per heavy atom. The monoisotopic (exact) mass is 374 g/mol. The number of ether oxygens (including phenoxy) is 1. The Morgan fingerprint density at radius 2 is 2.07 bits per heavy atom. The third-order valence-electron chi connectivity index (χ3n) is 4.43. The van der Waals surface area contributed by atoms with Crippen LogP contribution in [0.4, 0.5) is 5.69 Å². The molecule has 2 heterocycles. The molecule has 142 valence electrons. The minimum absolute atomic E-state index is 0.0304. The van der Waals surface area contributed by atoms with Crippen molar-refractivity contribution in [3.8, 4) is 0 Å². The molecule has 1 atom stereocenters. The summed E-state index contributed by atoms with van der Waals surface area (Å²) in [6, 6.07) is 6.44. The zero-order chi connectivity index (χ0) is 19.6. The summed E-state index contributed by atoms with van der Waals surface area (Å²) >= 11 is 0. The summed E-state index contributed by atoms with van der Waals surface area (Å²) < 4.78 is 10.8. The second-order valence-corrected chi connectivity index (χ2v) is 6.22. The van der Waals surface area contributed by atoms with E-state index in [-0.39, 0.29) is 17.2 Å². The molecule has 0 bridgehead atoms. The average molecular weight is 374 g/mol. The number of carboxylic acids is 1. The van der Waals surface area contributed by atoms with Crippen molar-refractivity contribution in [2.45, 2.75) is 25.5 Å². The van der Waals surface area contributed by atoms with Crippen molar-refractivity contribution < 1.29 is 28.8 Å². The molecule has 0 spiro atoms. The van der Waals surface area contributed by atoms with Crippen molar-refractivity contribution in [1.29, 1.82) is 0 Å². The molecule has 1 aromatic carbocycles. The number of nitrogens with zero attached hydrogens (tertiary/aromatic N) is 2. The molecule has 1 saturated heterocycles. The van der Waals surface area contributed by atoms with Crippen molar-refractivity contribution in [3.05, 3.63) is 63.1 Å². The van der Waals surface area contributed by atoms with E-state index >= 15 is 0 Å². The van der Waals surface area contributed by atoms with E-state index in [0.29, 0.717) is 31.1 Å². The smallest absolute Gasteiger partial charge is 0.335 e. The summed E-state index contributed by atoms with van der Waals surface area (Å²) in [6.07, 6.45) is 1.43. The van der Waals surface area contributed by atoms with Crippen molar-refractivity contribution >= 4 is 17.6 Å². The van der Waals surface area contributed by atoms with Gasteiger partial charge in [0.05, 0.1) is 16.5 Å². The Labute approximate surface area is 154 Å². The molecule has 0 radical (unpaired) electrons. The fourth-order valence-electron chi connectivity index (χ4n) is 3.23. The number of non-ortho nitro benzene ring substituents is 1. The maximum absolute atomic E-state index is 13.0. The largest absolute Gasteiger partial charge is 0.478 e. The number of methoxy groups -OCH3 is 1. The molecular formula is C18H18N2O7. The van der Waals surface area contributed by atoms with Gasteiger partial charge in [0.2, 0.25) is 0 Å². The van der Waals surface area contributed by atoms with Gasteiger partial charge in [0.25, 0.3) is 11.6 Å². The van der Waals surface area contributed by atoms with Crippen LogP contribution < -0.4 is 0 Å². The number of furan rings is 1. The fraction of sp³-hybridized carbons (Fsp3) is 0.333. The maximum Gasteiger partial charge on any atom is 0.335 e. The topological polar surface area (TPSA) is 123 Å². The highest BCUT2D eigenvalue weighted by molar-refractivity contribution is 5.98. The molecule has 3 rings (SSSR count). The van der Waals surface area contributed by atoms with Crippen molar-refractivity contribution in [1.82, 2.24) is 4.90 Å². The van der Waals surface area contributed by atoms with E-state index in [1.165, 1.54) is 0 Å². The zero-order valence-electron chi connectivity index (χ0n) is 14.6. The van der Waals surface area contributed by atoms with E-state index in [9.17, 15) is 24.8 Å². The van der Waals surface area contributed by atoms with Crippen LogP contribution in [0.15, 0.2) is 34.7 Å². The Morgan fingerprint density at radius 1 is 1.33 bits per heavy atom. The number of nitro benzene ring substituents is 1. The van der Waals surface area contributed by atoms with Gasteiger partial charge in [-0.1, -0.05) is 0 Å². The van der Waals surface area contributed by atoms with Gasteiger partial charge in [0.15, 0.2) is 0 Å². The van der Waals surface area contributed by atoms with Crippen LogP contribution in [-0.4, -0.2) is 40.5 Å². The summed E-state index contributed by atoms with van der Waals surface area (Å²) in [5.74, 6) is -0.554. The lowest BCUT2D eigenvalue weighted by atomic mass is 10.1. The lowest BCUT2D eigenvalue weighted by molar-refractivity contribution is -0.384. The molecule has 1 aliphatic heterocycles. The SMILES string of the molecule is COCc1ccc(C2CCCN2C(=O)c2cc(C(=O)O)cc([N+](=O)[O-])c2)o1. The zero-order valence-corrected chi connectivity index (χ0v) is 14.6. The summed E-state index contributed by atoms with van der Waals surface area (Å²) in [6.45, 7) is 0.766. The van der Waals surface area contributed by atoms with Gasteiger partial charge in [-0.3, -0.25) is 14.9 Å². The molecule has 9 heteroatoms. The van der Waals surface area contributed by atoms with E-state index in [4.69, 9.17) is 9.15 Å². The maximum atomic E-state index is 13.0. The molecule has 27 heavy (non-hydrogen) atoms. The van der Waals surface area contributed by atoms with Gasteiger partial charge < -0.3 is 19.2 Å². The summed E-state index contributed by atoms with van der Waals surface area (Å²) in [5.41, 5.74) is -0.768. The minimum Gasteiger partial charge on any atom is -0.478 e. The highest BCUT2D eigenvalue weighted by Crippen LogP contribution is 2.34. The normalized spacial score (nSPS) is 16.5. The number of hydrogen-bond donors (Lipinski definition) is 1. The molecule has 1 N–H and O–H groups in total. The van der Waals surface area contributed by atoms with Gasteiger partial charge in [-0.25, -0.2) is 4.79 Å². The molecular weight excluding hydrogens is 356 g/mol. The fourth-order valence-corrected chi connectivity index (χ4v) is 3.23. The summed E-state index contributed by atoms with van der Waals surface area (Å²) in [5, 5.41) is 20.3. The number of benzene rings is 1. The average Bonchev–Trinajstić information content (AvgIpc) is 3.29. The van der Waals surface area contributed by atoms with Crippen LogP contribution in [0, 0.1) is 10.1 Å². The van der Waals surface area contributed by atoms with E-state index in [0.717, 1.165) is 24.6 Å². The van der Waals surface area contributed by atoms with Gasteiger partial charge in [0.1, 0.15) is 18.1 Å². The summed E-state index contributed by atoms with van der Waals surface area (Å²) in [7, 11) is 1.55. The minimum atomic E-state index is -1.33. The first-order chi connectivity index (χ1) is 12.9. The third-order valence-corrected chi connectivity index (χ3v) is 4.43. The van der Waals surface area contributed by atoms with E-state index in [1.807, 2.05) is 0 Å².